The van der Waals surface area contributed by atoms with Gasteiger partial charge in [0.25, 0.3) is 15.9 Å². The molecule has 2 heterocycles. The van der Waals surface area contributed by atoms with E-state index in [0.29, 0.717) is 10.8 Å². The van der Waals surface area contributed by atoms with Crippen molar-refractivity contribution in [3.63, 3.8) is 0 Å². The van der Waals surface area contributed by atoms with Crippen LogP contribution in [0.4, 0.5) is 18.9 Å². The minimum absolute atomic E-state index is 0.0246. The number of alkyl halides is 3. The van der Waals surface area contributed by atoms with Crippen LogP contribution >= 0.6 is 11.3 Å². The van der Waals surface area contributed by atoms with Gasteiger partial charge in [-0.1, -0.05) is 0 Å². The van der Waals surface area contributed by atoms with Gasteiger partial charge in [0.15, 0.2) is 0 Å². The van der Waals surface area contributed by atoms with Crippen LogP contribution < -0.4 is 4.72 Å². The zero-order valence-corrected chi connectivity index (χ0v) is 14.2. The van der Waals surface area contributed by atoms with E-state index in [1.165, 1.54) is 12.1 Å². The molecule has 132 valence electrons. The number of nitrogens with one attached hydrogen (secondary N) is 1. The molecule has 0 amide bonds. The number of nitrogens with zero attached hydrogens (tertiary/aromatic N) is 2. The van der Waals surface area contributed by atoms with E-state index in [2.05, 4.69) is 14.9 Å². The first kappa shape index (κ1) is 17.4. The first-order valence-corrected chi connectivity index (χ1v) is 9.05. The SMILES string of the molecule is Cc1nnc(-c2ccc(S(=O)(=O)Nc3ccc(C(F)(F)F)cc3)s2)o1. The average molecular weight is 389 g/mol. The number of hydrogen-bond donors (Lipinski definition) is 1. The third kappa shape index (κ3) is 3.82. The summed E-state index contributed by atoms with van der Waals surface area (Å²) in [7, 11) is -3.94. The van der Waals surface area contributed by atoms with Crippen molar-refractivity contribution in [2.24, 2.45) is 0 Å². The first-order chi connectivity index (χ1) is 11.6. The standard InChI is InChI=1S/C14H10F3N3O3S2/c1-8-18-19-13(23-8)11-6-7-12(24-11)25(21,22)20-10-4-2-9(3-5-10)14(15,16)17/h2-7,20H,1H3. The van der Waals surface area contributed by atoms with Crippen LogP contribution in [-0.4, -0.2) is 18.6 Å². The molecule has 2 aromatic heterocycles. The fourth-order valence-corrected chi connectivity index (χ4v) is 4.19. The van der Waals surface area contributed by atoms with Crippen LogP contribution in [0.5, 0.6) is 0 Å². The Morgan fingerprint density at radius 1 is 1.08 bits per heavy atom. The molecule has 1 aromatic carbocycles. The van der Waals surface area contributed by atoms with Gasteiger partial charge in [-0.25, -0.2) is 8.42 Å². The molecule has 0 saturated carbocycles. The number of thiophene rings is 1. The second kappa shape index (κ2) is 6.15. The Bertz CT molecular complexity index is 992. The number of rotatable bonds is 4. The molecular formula is C14H10F3N3O3S2. The Kier molecular flexibility index (Phi) is 4.29. The summed E-state index contributed by atoms with van der Waals surface area (Å²) in [5, 5.41) is 7.46. The van der Waals surface area contributed by atoms with Gasteiger partial charge in [0.1, 0.15) is 4.21 Å². The van der Waals surface area contributed by atoms with Crippen LogP contribution in [0.25, 0.3) is 10.8 Å². The molecule has 0 aliphatic rings. The zero-order chi connectivity index (χ0) is 18.2. The van der Waals surface area contributed by atoms with Crippen molar-refractivity contribution in [3.05, 3.63) is 47.9 Å². The number of hydrogen-bond acceptors (Lipinski definition) is 6. The number of halogens is 3. The van der Waals surface area contributed by atoms with Crippen molar-refractivity contribution in [1.82, 2.24) is 10.2 Å². The topological polar surface area (TPSA) is 85.1 Å². The van der Waals surface area contributed by atoms with Crippen molar-refractivity contribution < 1.29 is 26.0 Å². The molecule has 0 aliphatic carbocycles. The normalized spacial score (nSPS) is 12.3. The zero-order valence-electron chi connectivity index (χ0n) is 12.5. The van der Waals surface area contributed by atoms with Crippen molar-refractivity contribution in [1.29, 1.82) is 0 Å². The van der Waals surface area contributed by atoms with Crippen molar-refractivity contribution in [2.75, 3.05) is 4.72 Å². The molecular weight excluding hydrogens is 379 g/mol. The van der Waals surface area contributed by atoms with E-state index in [1.54, 1.807) is 6.92 Å². The Morgan fingerprint density at radius 2 is 1.76 bits per heavy atom. The molecule has 1 N–H and O–H groups in total. The molecule has 0 atom stereocenters. The van der Waals surface area contributed by atoms with E-state index in [-0.39, 0.29) is 15.8 Å². The minimum atomic E-state index is -4.48. The van der Waals surface area contributed by atoms with Crippen LogP contribution in [0, 0.1) is 6.92 Å². The number of sulfonamides is 1. The number of benzene rings is 1. The van der Waals surface area contributed by atoms with Gasteiger partial charge in [-0.2, -0.15) is 13.2 Å². The van der Waals surface area contributed by atoms with E-state index in [1.807, 2.05) is 0 Å². The van der Waals surface area contributed by atoms with Crippen molar-refractivity contribution in [2.45, 2.75) is 17.3 Å². The Morgan fingerprint density at radius 3 is 2.32 bits per heavy atom. The van der Waals surface area contributed by atoms with E-state index < -0.39 is 21.8 Å². The highest BCUT2D eigenvalue weighted by Crippen LogP contribution is 2.32. The lowest BCUT2D eigenvalue weighted by Crippen LogP contribution is -2.12. The van der Waals surface area contributed by atoms with Crippen molar-refractivity contribution in [3.8, 4) is 10.8 Å². The predicted molar refractivity (Wildman–Crippen MR) is 84.6 cm³/mol. The van der Waals surface area contributed by atoms with Gasteiger partial charge in [-0.05, 0) is 36.4 Å². The molecule has 0 fully saturated rings. The highest BCUT2D eigenvalue weighted by molar-refractivity contribution is 7.94. The lowest BCUT2D eigenvalue weighted by atomic mass is 10.2. The summed E-state index contributed by atoms with van der Waals surface area (Å²) < 4.78 is 69.7. The average Bonchev–Trinajstić information content (AvgIpc) is 3.15. The van der Waals surface area contributed by atoms with Gasteiger partial charge >= 0.3 is 6.18 Å². The molecule has 25 heavy (non-hydrogen) atoms. The van der Waals surface area contributed by atoms with Crippen LogP contribution in [-0.2, 0) is 16.2 Å². The molecule has 3 aromatic rings. The van der Waals surface area contributed by atoms with Gasteiger partial charge in [-0.15, -0.1) is 21.5 Å². The summed E-state index contributed by atoms with van der Waals surface area (Å²) in [5.74, 6) is 0.536. The molecule has 6 nitrogen and oxygen atoms in total. The summed E-state index contributed by atoms with van der Waals surface area (Å²) in [6, 6.07) is 6.58. The third-order valence-electron chi connectivity index (χ3n) is 3.05. The Labute approximate surface area is 144 Å². The van der Waals surface area contributed by atoms with E-state index in [9.17, 15) is 21.6 Å². The van der Waals surface area contributed by atoms with Gasteiger partial charge < -0.3 is 4.42 Å². The minimum Gasteiger partial charge on any atom is -0.420 e. The first-order valence-electron chi connectivity index (χ1n) is 6.75. The molecule has 0 spiro atoms. The van der Waals surface area contributed by atoms with Gasteiger partial charge in [-0.3, -0.25) is 4.72 Å². The van der Waals surface area contributed by atoms with E-state index in [0.717, 1.165) is 35.6 Å². The van der Waals surface area contributed by atoms with Gasteiger partial charge in [0.05, 0.1) is 10.4 Å². The fourth-order valence-electron chi connectivity index (χ4n) is 1.91. The maximum absolute atomic E-state index is 12.5. The lowest BCUT2D eigenvalue weighted by Gasteiger charge is -2.09. The van der Waals surface area contributed by atoms with E-state index in [4.69, 9.17) is 4.42 Å². The second-order valence-corrected chi connectivity index (χ2v) is 7.92. The molecule has 0 bridgehead atoms. The highest BCUT2D eigenvalue weighted by Gasteiger charge is 2.30. The second-order valence-electron chi connectivity index (χ2n) is 4.93. The molecule has 0 radical (unpaired) electrons. The largest absolute Gasteiger partial charge is 0.420 e. The number of aryl methyl sites for hydroxylation is 1. The fraction of sp³-hybridized carbons (Fsp3) is 0.143. The summed E-state index contributed by atoms with van der Waals surface area (Å²) >= 11 is 0.906. The van der Waals surface area contributed by atoms with E-state index >= 15 is 0 Å². The van der Waals surface area contributed by atoms with Crippen LogP contribution in [0.2, 0.25) is 0 Å². The maximum Gasteiger partial charge on any atom is 0.416 e. The number of anilines is 1. The van der Waals surface area contributed by atoms with Crippen LogP contribution in [0.3, 0.4) is 0 Å². The van der Waals surface area contributed by atoms with Crippen LogP contribution in [0.1, 0.15) is 11.5 Å². The summed E-state index contributed by atoms with van der Waals surface area (Å²) in [6.07, 6.45) is -4.48. The van der Waals surface area contributed by atoms with Crippen LogP contribution in [0.15, 0.2) is 45.0 Å². The quantitative estimate of drug-likeness (QED) is 0.731. The number of aromatic nitrogens is 2. The van der Waals surface area contributed by atoms with Gasteiger partial charge in [0, 0.05) is 12.6 Å². The molecule has 0 unspecified atom stereocenters. The Balaban J connectivity index is 1.81. The Hall–Kier alpha value is -2.40. The summed E-state index contributed by atoms with van der Waals surface area (Å²) in [5.41, 5.74) is -0.836. The maximum atomic E-state index is 12.5. The molecule has 11 heteroatoms. The predicted octanol–water partition coefficient (Wildman–Crippen LogP) is 3.93. The summed E-state index contributed by atoms with van der Waals surface area (Å²) in [4.78, 5) is 0.466. The molecule has 3 rings (SSSR count). The van der Waals surface area contributed by atoms with Gasteiger partial charge in [0.2, 0.25) is 5.89 Å². The third-order valence-corrected chi connectivity index (χ3v) is 5.99. The van der Waals surface area contributed by atoms with Crippen molar-refractivity contribution >= 4 is 27.0 Å². The monoisotopic (exact) mass is 389 g/mol. The highest BCUT2D eigenvalue weighted by atomic mass is 32.2. The smallest absolute Gasteiger partial charge is 0.416 e. The molecule has 0 saturated heterocycles. The molecule has 0 aliphatic heterocycles. The summed E-state index contributed by atoms with van der Waals surface area (Å²) in [6.45, 7) is 1.61. The lowest BCUT2D eigenvalue weighted by molar-refractivity contribution is -0.137.